The maximum atomic E-state index is 5.64. The molecule has 5 heteroatoms. The summed E-state index contributed by atoms with van der Waals surface area (Å²) in [6.45, 7) is 3.91. The number of hydrogen-bond acceptors (Lipinski definition) is 3. The second-order valence-electron chi connectivity index (χ2n) is 3.04. The summed E-state index contributed by atoms with van der Waals surface area (Å²) < 4.78 is 16.1. The first-order chi connectivity index (χ1) is 6.74. The molecule has 0 spiro atoms. The Morgan fingerprint density at radius 2 is 2.14 bits per heavy atom. The molecule has 2 atom stereocenters. The van der Waals surface area contributed by atoms with Gasteiger partial charge in [0, 0.05) is 13.0 Å². The van der Waals surface area contributed by atoms with Gasteiger partial charge < -0.3 is 13.9 Å². The molecule has 0 radical (unpaired) electrons. The molecule has 0 saturated carbocycles. The number of rotatable bonds is 9. The zero-order chi connectivity index (χ0) is 10.8. The van der Waals surface area contributed by atoms with Crippen LogP contribution in [0.3, 0.4) is 0 Å². The van der Waals surface area contributed by atoms with Gasteiger partial charge in [0.05, 0.1) is 0 Å². The van der Waals surface area contributed by atoms with Crippen molar-refractivity contribution in [1.29, 1.82) is 0 Å². The van der Waals surface area contributed by atoms with Crippen LogP contribution in [0.2, 0.25) is 6.04 Å². The summed E-state index contributed by atoms with van der Waals surface area (Å²) >= 11 is 5.57. The van der Waals surface area contributed by atoms with Crippen molar-refractivity contribution < 1.29 is 13.9 Å². The highest BCUT2D eigenvalue weighted by Crippen LogP contribution is 2.05. The predicted octanol–water partition coefficient (Wildman–Crippen LogP) is 1.88. The highest BCUT2D eigenvalue weighted by molar-refractivity contribution is 6.27. The first-order valence-electron chi connectivity index (χ1n) is 5.10. The van der Waals surface area contributed by atoms with Gasteiger partial charge in [-0.05, 0) is 25.8 Å². The minimum absolute atomic E-state index is 0.105. The van der Waals surface area contributed by atoms with Crippen LogP contribution < -0.4 is 0 Å². The van der Waals surface area contributed by atoms with Crippen LogP contribution in [-0.4, -0.2) is 35.3 Å². The molecule has 0 aliphatic carbocycles. The van der Waals surface area contributed by atoms with Gasteiger partial charge in [-0.25, -0.2) is 0 Å². The van der Waals surface area contributed by atoms with E-state index < -0.39 is 9.76 Å². The second-order valence-corrected chi connectivity index (χ2v) is 4.87. The minimum atomic E-state index is -0.474. The van der Waals surface area contributed by atoms with E-state index in [1.54, 1.807) is 7.11 Å². The van der Waals surface area contributed by atoms with Crippen molar-refractivity contribution in [3.63, 3.8) is 0 Å². The molecular weight excluding hydrogens is 220 g/mol. The molecule has 14 heavy (non-hydrogen) atoms. The fourth-order valence-corrected chi connectivity index (χ4v) is 2.64. The van der Waals surface area contributed by atoms with E-state index in [-0.39, 0.29) is 12.6 Å². The number of halogens is 1. The highest BCUT2D eigenvalue weighted by Gasteiger charge is 2.10. The van der Waals surface area contributed by atoms with Gasteiger partial charge in [-0.15, -0.1) is 11.6 Å². The van der Waals surface area contributed by atoms with Crippen molar-refractivity contribution in [2.24, 2.45) is 0 Å². The lowest BCUT2D eigenvalue weighted by Gasteiger charge is -2.20. The van der Waals surface area contributed by atoms with Crippen LogP contribution >= 0.6 is 11.6 Å². The third kappa shape index (κ3) is 7.76. The van der Waals surface area contributed by atoms with Crippen molar-refractivity contribution in [3.8, 4) is 0 Å². The maximum absolute atomic E-state index is 5.64. The average Bonchev–Trinajstić information content (AvgIpc) is 2.22. The summed E-state index contributed by atoms with van der Waals surface area (Å²) in [5.74, 6) is 0.725. The molecule has 0 saturated heterocycles. The zero-order valence-electron chi connectivity index (χ0n) is 9.29. The lowest BCUT2D eigenvalue weighted by molar-refractivity contribution is -0.201. The Bertz CT molecular complexity index is 127. The van der Waals surface area contributed by atoms with E-state index in [0.29, 0.717) is 0 Å². The topological polar surface area (TPSA) is 27.7 Å². The van der Waals surface area contributed by atoms with Crippen LogP contribution in [0.4, 0.5) is 0 Å². The Kier molecular flexibility index (Phi) is 10.2. The van der Waals surface area contributed by atoms with Crippen molar-refractivity contribution in [2.45, 2.75) is 45.3 Å². The quantitative estimate of drug-likeness (QED) is 0.267. The Labute approximate surface area is 94.0 Å². The Morgan fingerprint density at radius 3 is 2.64 bits per heavy atom. The maximum Gasteiger partial charge on any atom is 0.165 e. The van der Waals surface area contributed by atoms with Gasteiger partial charge in [-0.2, -0.15) is 0 Å². The molecule has 0 rings (SSSR count). The molecule has 0 aromatic carbocycles. The van der Waals surface area contributed by atoms with E-state index in [0.717, 1.165) is 24.8 Å². The lowest BCUT2D eigenvalue weighted by atomic mass is 10.5. The predicted molar refractivity (Wildman–Crippen MR) is 61.4 cm³/mol. The van der Waals surface area contributed by atoms with Crippen molar-refractivity contribution >= 4 is 21.4 Å². The summed E-state index contributed by atoms with van der Waals surface area (Å²) in [4.78, 5) is 0. The molecule has 3 nitrogen and oxygen atoms in total. The number of ether oxygens (including phenoxy) is 2. The molecule has 0 bridgehead atoms. The van der Waals surface area contributed by atoms with E-state index in [1.807, 2.05) is 13.8 Å². The smallest absolute Gasteiger partial charge is 0.165 e. The summed E-state index contributed by atoms with van der Waals surface area (Å²) in [5.41, 5.74) is 0. The molecule has 0 amide bonds. The molecule has 0 aromatic heterocycles. The molecule has 0 heterocycles. The van der Waals surface area contributed by atoms with Gasteiger partial charge >= 0.3 is 0 Å². The SMILES string of the molecule is CCC(O[SiH2]CCCCl)OC(C)OC. The van der Waals surface area contributed by atoms with Gasteiger partial charge in [0.15, 0.2) is 16.1 Å². The average molecular weight is 241 g/mol. The highest BCUT2D eigenvalue weighted by atomic mass is 35.5. The van der Waals surface area contributed by atoms with Crippen molar-refractivity contribution in [1.82, 2.24) is 0 Å². The number of methoxy groups -OCH3 is 1. The van der Waals surface area contributed by atoms with E-state index in [2.05, 4.69) is 0 Å². The van der Waals surface area contributed by atoms with Crippen LogP contribution in [0.5, 0.6) is 0 Å². The number of alkyl halides is 1. The van der Waals surface area contributed by atoms with Crippen LogP contribution in [0.1, 0.15) is 26.7 Å². The third-order valence-corrected chi connectivity index (χ3v) is 3.50. The van der Waals surface area contributed by atoms with Gasteiger partial charge in [-0.3, -0.25) is 0 Å². The van der Waals surface area contributed by atoms with Gasteiger partial charge in [0.2, 0.25) is 0 Å². The Hall–Kier alpha value is 0.387. The van der Waals surface area contributed by atoms with Gasteiger partial charge in [0.25, 0.3) is 0 Å². The summed E-state index contributed by atoms with van der Waals surface area (Å²) in [7, 11) is 1.15. The largest absolute Gasteiger partial charge is 0.400 e. The standard InChI is InChI=1S/C9H21ClO3Si/c1-4-9(12-8(2)11-3)13-14-7-5-6-10/h8-9H,4-7,14H2,1-3H3. The molecule has 0 aromatic rings. The zero-order valence-corrected chi connectivity index (χ0v) is 11.5. The van der Waals surface area contributed by atoms with Crippen LogP contribution in [0.25, 0.3) is 0 Å². The monoisotopic (exact) mass is 240 g/mol. The first-order valence-corrected chi connectivity index (χ1v) is 7.21. The van der Waals surface area contributed by atoms with Gasteiger partial charge in [0.1, 0.15) is 6.29 Å². The minimum Gasteiger partial charge on any atom is -0.400 e. The van der Waals surface area contributed by atoms with Crippen LogP contribution in [0.15, 0.2) is 0 Å². The summed E-state index contributed by atoms with van der Waals surface area (Å²) in [6, 6.07) is 1.12. The van der Waals surface area contributed by atoms with E-state index in [1.165, 1.54) is 0 Å². The van der Waals surface area contributed by atoms with Crippen molar-refractivity contribution in [2.75, 3.05) is 13.0 Å². The molecule has 86 valence electrons. The fourth-order valence-electron chi connectivity index (χ4n) is 0.934. The Balaban J connectivity index is 3.47. The van der Waals surface area contributed by atoms with Crippen molar-refractivity contribution in [3.05, 3.63) is 0 Å². The molecule has 0 aliphatic heterocycles. The van der Waals surface area contributed by atoms with E-state index >= 15 is 0 Å². The molecule has 2 unspecified atom stereocenters. The molecule has 0 fully saturated rings. The number of hydrogen-bond donors (Lipinski definition) is 0. The molecule has 0 N–H and O–H groups in total. The molecular formula is C9H21ClO3Si. The summed E-state index contributed by atoms with van der Waals surface area (Å²) in [5, 5.41) is 0. The van der Waals surface area contributed by atoms with Gasteiger partial charge in [-0.1, -0.05) is 6.92 Å². The lowest BCUT2D eigenvalue weighted by Crippen LogP contribution is -2.24. The fraction of sp³-hybridized carbons (Fsp3) is 1.00. The van der Waals surface area contributed by atoms with Crippen LogP contribution in [-0.2, 0) is 13.9 Å². The van der Waals surface area contributed by atoms with Crippen LogP contribution in [0, 0.1) is 0 Å². The molecule has 0 aliphatic rings. The second kappa shape index (κ2) is 9.92. The Morgan fingerprint density at radius 1 is 1.43 bits per heavy atom. The summed E-state index contributed by atoms with van der Waals surface area (Å²) in [6.07, 6.45) is 1.61. The third-order valence-electron chi connectivity index (χ3n) is 1.84. The first kappa shape index (κ1) is 14.4. The van der Waals surface area contributed by atoms with E-state index in [9.17, 15) is 0 Å². The normalized spacial score (nSPS) is 16.3. The van der Waals surface area contributed by atoms with E-state index in [4.69, 9.17) is 25.5 Å².